The average Bonchev–Trinajstić information content (AvgIpc) is 3.41. The summed E-state index contributed by atoms with van der Waals surface area (Å²) in [5.41, 5.74) is 4.15. The zero-order valence-corrected chi connectivity index (χ0v) is 18.5. The van der Waals surface area contributed by atoms with Gasteiger partial charge in [0.25, 0.3) is 0 Å². The molecule has 1 aliphatic rings. The van der Waals surface area contributed by atoms with Crippen LogP contribution in [0.4, 0.5) is 5.13 Å². The van der Waals surface area contributed by atoms with E-state index in [9.17, 15) is 4.79 Å². The molecule has 8 heteroatoms. The highest BCUT2D eigenvalue weighted by Crippen LogP contribution is 2.29. The molecule has 4 aromatic rings. The van der Waals surface area contributed by atoms with Gasteiger partial charge in [-0.05, 0) is 17.7 Å². The fourth-order valence-electron chi connectivity index (χ4n) is 3.62. The van der Waals surface area contributed by atoms with Gasteiger partial charge in [-0.3, -0.25) is 14.7 Å². The van der Waals surface area contributed by atoms with Gasteiger partial charge in [-0.15, -0.1) is 22.7 Å². The number of pyridine rings is 1. The van der Waals surface area contributed by atoms with E-state index in [2.05, 4.69) is 49.4 Å². The maximum absolute atomic E-state index is 12.5. The largest absolute Gasteiger partial charge is 0.302 e. The molecule has 0 fully saturated rings. The maximum atomic E-state index is 12.5. The van der Waals surface area contributed by atoms with Crippen LogP contribution < -0.4 is 5.32 Å². The highest BCUT2D eigenvalue weighted by Gasteiger charge is 2.21. The maximum Gasteiger partial charge on any atom is 0.232 e. The predicted octanol–water partition coefficient (Wildman–Crippen LogP) is 4.40. The second-order valence-electron chi connectivity index (χ2n) is 7.45. The van der Waals surface area contributed by atoms with E-state index in [4.69, 9.17) is 0 Å². The number of benzene rings is 1. The summed E-state index contributed by atoms with van der Waals surface area (Å²) in [7, 11) is 0. The molecular formula is C23H21N5OS2. The lowest BCUT2D eigenvalue weighted by Crippen LogP contribution is -2.29. The Labute approximate surface area is 188 Å². The molecular weight excluding hydrogens is 426 g/mol. The van der Waals surface area contributed by atoms with E-state index >= 15 is 0 Å². The monoisotopic (exact) mass is 447 g/mol. The van der Waals surface area contributed by atoms with Crippen LogP contribution in [0.15, 0.2) is 60.2 Å². The van der Waals surface area contributed by atoms with Crippen molar-refractivity contribution in [2.24, 2.45) is 0 Å². The number of carbonyl (C=O) groups is 1. The second-order valence-corrected chi connectivity index (χ2v) is 9.39. The molecule has 0 spiro atoms. The van der Waals surface area contributed by atoms with Gasteiger partial charge in [0.05, 0.1) is 17.8 Å². The van der Waals surface area contributed by atoms with Gasteiger partial charge in [-0.25, -0.2) is 9.97 Å². The number of hydrogen-bond donors (Lipinski definition) is 1. The number of carbonyl (C=O) groups excluding carboxylic acids is 1. The highest BCUT2D eigenvalue weighted by atomic mass is 32.1. The van der Waals surface area contributed by atoms with E-state index in [0.717, 1.165) is 48.0 Å². The highest BCUT2D eigenvalue weighted by molar-refractivity contribution is 7.15. The number of rotatable bonds is 6. The Morgan fingerprint density at radius 1 is 1.13 bits per heavy atom. The fraction of sp³-hybridized carbons (Fsp3) is 0.217. The molecule has 31 heavy (non-hydrogen) atoms. The number of thiazole rings is 2. The van der Waals surface area contributed by atoms with Crippen LogP contribution in [0.2, 0.25) is 0 Å². The van der Waals surface area contributed by atoms with Gasteiger partial charge in [-0.2, -0.15) is 0 Å². The van der Waals surface area contributed by atoms with Crippen molar-refractivity contribution in [2.45, 2.75) is 25.9 Å². The molecule has 6 nitrogen and oxygen atoms in total. The van der Waals surface area contributed by atoms with Crippen molar-refractivity contribution in [3.63, 3.8) is 0 Å². The zero-order valence-electron chi connectivity index (χ0n) is 16.8. The second kappa shape index (κ2) is 9.05. The summed E-state index contributed by atoms with van der Waals surface area (Å²) in [5.74, 6) is -0.0877. The number of nitrogens with one attached hydrogen (secondary N) is 1. The Morgan fingerprint density at radius 2 is 2.03 bits per heavy atom. The van der Waals surface area contributed by atoms with Crippen LogP contribution in [-0.2, 0) is 30.7 Å². The molecule has 0 bridgehead atoms. The summed E-state index contributed by atoms with van der Waals surface area (Å²) in [6.45, 7) is 2.79. The molecule has 1 N–H and O–H groups in total. The third kappa shape index (κ3) is 4.87. The Hall–Kier alpha value is -2.94. The van der Waals surface area contributed by atoms with Crippen molar-refractivity contribution < 1.29 is 4.79 Å². The molecule has 0 saturated carbocycles. The quantitative estimate of drug-likeness (QED) is 0.474. The van der Waals surface area contributed by atoms with Crippen LogP contribution in [0, 0.1) is 0 Å². The molecule has 1 amide bonds. The molecule has 5 rings (SSSR count). The minimum atomic E-state index is -0.0877. The zero-order chi connectivity index (χ0) is 21.0. The molecule has 1 aliphatic heterocycles. The average molecular weight is 448 g/mol. The van der Waals surface area contributed by atoms with Crippen molar-refractivity contribution in [3.05, 3.63) is 82.1 Å². The summed E-state index contributed by atoms with van der Waals surface area (Å²) in [4.78, 5) is 29.6. The predicted molar refractivity (Wildman–Crippen MR) is 124 cm³/mol. The first kappa shape index (κ1) is 20.0. The van der Waals surface area contributed by atoms with Gasteiger partial charge in [0, 0.05) is 54.3 Å². The van der Waals surface area contributed by atoms with E-state index in [-0.39, 0.29) is 12.3 Å². The lowest BCUT2D eigenvalue weighted by molar-refractivity contribution is -0.115. The van der Waals surface area contributed by atoms with Crippen LogP contribution >= 0.6 is 22.7 Å². The Balaban J connectivity index is 1.19. The molecule has 0 saturated heterocycles. The third-order valence-corrected chi connectivity index (χ3v) is 7.05. The van der Waals surface area contributed by atoms with Crippen LogP contribution in [0.1, 0.15) is 21.8 Å². The van der Waals surface area contributed by atoms with Crippen LogP contribution in [0.3, 0.4) is 0 Å². The summed E-state index contributed by atoms with van der Waals surface area (Å²) >= 11 is 3.10. The number of nitrogens with zero attached hydrogens (tertiary/aromatic N) is 4. The SMILES string of the molecule is O=C(Cc1csc(-c2cccnc2)n1)Nc1nc2c(s1)CN(Cc1ccccc1)CC2. The van der Waals surface area contributed by atoms with Crippen LogP contribution in [0.5, 0.6) is 0 Å². The number of amides is 1. The molecule has 4 heterocycles. The van der Waals surface area contributed by atoms with E-state index in [1.54, 1.807) is 23.7 Å². The molecule has 3 aromatic heterocycles. The lowest BCUT2D eigenvalue weighted by Gasteiger charge is -2.25. The number of hydrogen-bond acceptors (Lipinski definition) is 7. The molecule has 0 unspecified atom stereocenters. The topological polar surface area (TPSA) is 71.0 Å². The van der Waals surface area contributed by atoms with Crippen molar-refractivity contribution >= 4 is 33.7 Å². The van der Waals surface area contributed by atoms with E-state index in [1.807, 2.05) is 23.6 Å². The Bertz CT molecular complexity index is 1170. The van der Waals surface area contributed by atoms with Gasteiger partial charge in [0.1, 0.15) is 5.01 Å². The number of aromatic nitrogens is 3. The van der Waals surface area contributed by atoms with Gasteiger partial charge in [-0.1, -0.05) is 30.3 Å². The summed E-state index contributed by atoms with van der Waals surface area (Å²) in [5, 5.41) is 6.44. The summed E-state index contributed by atoms with van der Waals surface area (Å²) < 4.78 is 0. The van der Waals surface area contributed by atoms with E-state index in [1.165, 1.54) is 21.8 Å². The third-order valence-electron chi connectivity index (χ3n) is 5.11. The Morgan fingerprint density at radius 3 is 2.87 bits per heavy atom. The lowest BCUT2D eigenvalue weighted by atomic mass is 10.1. The van der Waals surface area contributed by atoms with Gasteiger partial charge >= 0.3 is 0 Å². The normalized spacial score (nSPS) is 13.7. The van der Waals surface area contributed by atoms with Crippen molar-refractivity contribution in [2.75, 3.05) is 11.9 Å². The van der Waals surface area contributed by atoms with Crippen molar-refractivity contribution in [3.8, 4) is 10.6 Å². The first-order valence-corrected chi connectivity index (χ1v) is 11.8. The van der Waals surface area contributed by atoms with Gasteiger partial charge in [0.15, 0.2) is 5.13 Å². The smallest absolute Gasteiger partial charge is 0.232 e. The van der Waals surface area contributed by atoms with E-state index < -0.39 is 0 Å². The minimum Gasteiger partial charge on any atom is -0.302 e. The fourth-order valence-corrected chi connectivity index (χ4v) is 5.49. The van der Waals surface area contributed by atoms with Gasteiger partial charge < -0.3 is 5.32 Å². The number of fused-ring (bicyclic) bond motifs is 1. The summed E-state index contributed by atoms with van der Waals surface area (Å²) in [6, 6.07) is 14.4. The van der Waals surface area contributed by atoms with Crippen LogP contribution in [-0.4, -0.2) is 32.3 Å². The van der Waals surface area contributed by atoms with Crippen LogP contribution in [0.25, 0.3) is 10.6 Å². The van der Waals surface area contributed by atoms with Gasteiger partial charge in [0.2, 0.25) is 5.91 Å². The molecule has 0 radical (unpaired) electrons. The van der Waals surface area contributed by atoms with Crippen molar-refractivity contribution in [1.82, 2.24) is 19.9 Å². The van der Waals surface area contributed by atoms with Crippen molar-refractivity contribution in [1.29, 1.82) is 0 Å². The standard InChI is InChI=1S/C23H21N5OS2/c29-21(11-18-15-30-22(25-18)17-7-4-9-24-12-17)27-23-26-19-8-10-28(14-20(19)31-23)13-16-5-2-1-3-6-16/h1-7,9,12,15H,8,10-11,13-14H2,(H,26,27,29). The molecule has 1 aromatic carbocycles. The summed E-state index contributed by atoms with van der Waals surface area (Å²) in [6.07, 6.45) is 4.67. The van der Waals surface area contributed by atoms with E-state index in [0.29, 0.717) is 5.13 Å². The Kier molecular flexibility index (Phi) is 5.84. The number of anilines is 1. The molecule has 0 aliphatic carbocycles. The first-order valence-electron chi connectivity index (χ1n) is 10.1. The first-order chi connectivity index (χ1) is 15.2. The molecule has 156 valence electrons. The molecule has 0 atom stereocenters. The minimum absolute atomic E-state index is 0.0877.